The monoisotopic (exact) mass is 454 g/mol. The lowest BCUT2D eigenvalue weighted by molar-refractivity contribution is -0.121. The number of carbonyl (C=O) groups excluding carboxylic acids is 1. The van der Waals surface area contributed by atoms with Gasteiger partial charge in [-0.25, -0.2) is 0 Å². The zero-order valence-electron chi connectivity index (χ0n) is 16.7. The van der Waals surface area contributed by atoms with Crippen LogP contribution in [0.5, 0.6) is 0 Å². The molecule has 0 heterocycles. The molecule has 0 aromatic heterocycles. The fourth-order valence-electron chi connectivity index (χ4n) is 1.99. The molecule has 2 atom stereocenters. The van der Waals surface area contributed by atoms with Gasteiger partial charge in [0.1, 0.15) is 0 Å². The van der Waals surface area contributed by atoms with Crippen LogP contribution in [0.4, 0.5) is 0 Å². The quantitative estimate of drug-likeness (QED) is 0.283. The first-order valence-corrected chi connectivity index (χ1v) is 9.02. The van der Waals surface area contributed by atoms with Crippen molar-refractivity contribution in [2.45, 2.75) is 86.2 Å². The highest BCUT2D eigenvalue weighted by Gasteiger charge is 2.13. The van der Waals surface area contributed by atoms with Crippen molar-refractivity contribution in [3.8, 4) is 0 Å². The number of carbonyl (C=O) groups is 1. The van der Waals surface area contributed by atoms with Crippen LogP contribution in [0.3, 0.4) is 0 Å². The Morgan fingerprint density at radius 2 is 1.71 bits per heavy atom. The van der Waals surface area contributed by atoms with E-state index in [1.54, 1.807) is 0 Å². The highest BCUT2D eigenvalue weighted by molar-refractivity contribution is 14.0. The van der Waals surface area contributed by atoms with Crippen LogP contribution >= 0.6 is 24.0 Å². The largest absolute Gasteiger partial charge is 0.357 e. The minimum atomic E-state index is 0. The van der Waals surface area contributed by atoms with Gasteiger partial charge in [-0.05, 0) is 45.4 Å². The lowest BCUT2D eigenvalue weighted by atomic mass is 9.89. The van der Waals surface area contributed by atoms with Crippen molar-refractivity contribution in [2.75, 3.05) is 13.1 Å². The second-order valence-electron chi connectivity index (χ2n) is 7.53. The van der Waals surface area contributed by atoms with Gasteiger partial charge in [0, 0.05) is 25.0 Å². The van der Waals surface area contributed by atoms with Gasteiger partial charge in [-0.2, -0.15) is 0 Å². The molecule has 0 aliphatic carbocycles. The summed E-state index contributed by atoms with van der Waals surface area (Å²) in [4.78, 5) is 16.3. The van der Waals surface area contributed by atoms with Gasteiger partial charge in [0.15, 0.2) is 5.96 Å². The van der Waals surface area contributed by atoms with Crippen LogP contribution in [-0.2, 0) is 4.79 Å². The van der Waals surface area contributed by atoms with Gasteiger partial charge < -0.3 is 16.0 Å². The van der Waals surface area contributed by atoms with Crippen molar-refractivity contribution in [3.63, 3.8) is 0 Å². The fourth-order valence-corrected chi connectivity index (χ4v) is 1.99. The maximum Gasteiger partial charge on any atom is 0.222 e. The molecule has 0 rings (SSSR count). The van der Waals surface area contributed by atoms with E-state index in [1.807, 2.05) is 13.8 Å². The van der Waals surface area contributed by atoms with E-state index in [0.29, 0.717) is 24.4 Å². The molecular weight excluding hydrogens is 415 g/mol. The Labute approximate surface area is 166 Å². The molecule has 1 amide bonds. The molecular formula is C18H39IN4O. The van der Waals surface area contributed by atoms with Gasteiger partial charge in [0.05, 0.1) is 6.54 Å². The van der Waals surface area contributed by atoms with Crippen molar-refractivity contribution in [1.29, 1.82) is 0 Å². The molecule has 0 bridgehead atoms. The first-order valence-electron chi connectivity index (χ1n) is 9.02. The Bertz CT molecular complexity index is 367. The number of guanidine groups is 1. The van der Waals surface area contributed by atoms with E-state index in [1.165, 1.54) is 0 Å². The van der Waals surface area contributed by atoms with Crippen molar-refractivity contribution in [1.82, 2.24) is 16.0 Å². The maximum absolute atomic E-state index is 11.8. The molecule has 0 spiro atoms. The highest BCUT2D eigenvalue weighted by atomic mass is 127. The summed E-state index contributed by atoms with van der Waals surface area (Å²) in [6.45, 7) is 16.4. The van der Waals surface area contributed by atoms with Crippen LogP contribution in [0.15, 0.2) is 4.99 Å². The Hall–Kier alpha value is -0.530. The molecule has 0 aliphatic heterocycles. The van der Waals surface area contributed by atoms with Gasteiger partial charge in [-0.1, -0.05) is 27.7 Å². The smallest absolute Gasteiger partial charge is 0.222 e. The zero-order valence-corrected chi connectivity index (χ0v) is 19.0. The Kier molecular flexibility index (Phi) is 14.7. The number of rotatable bonds is 9. The molecule has 0 saturated heterocycles. The summed E-state index contributed by atoms with van der Waals surface area (Å²) in [7, 11) is 0. The van der Waals surface area contributed by atoms with Gasteiger partial charge in [0.2, 0.25) is 5.91 Å². The molecule has 0 aliphatic rings. The van der Waals surface area contributed by atoms with E-state index < -0.39 is 0 Å². The highest BCUT2D eigenvalue weighted by Crippen LogP contribution is 2.21. The number of hydrogen-bond donors (Lipinski definition) is 3. The molecule has 0 fully saturated rings. The Morgan fingerprint density at radius 1 is 1.08 bits per heavy atom. The summed E-state index contributed by atoms with van der Waals surface area (Å²) >= 11 is 0. The SMILES string of the molecule is CCNC(=NCCC(=O)NC(C)CC)NC(C)CCC(C)(C)C.I. The van der Waals surface area contributed by atoms with Crippen molar-refractivity contribution in [3.05, 3.63) is 0 Å². The third kappa shape index (κ3) is 15.0. The standard InChI is InChI=1S/C18H38N4O.HI/c1-8-14(3)21-16(23)11-13-20-17(19-9-2)22-15(4)10-12-18(5,6)7;/h14-15H,8-13H2,1-7H3,(H,21,23)(H2,19,20,22);1H. The summed E-state index contributed by atoms with van der Waals surface area (Å²) in [5.74, 6) is 0.866. The molecule has 0 saturated carbocycles. The molecule has 0 aromatic carbocycles. The summed E-state index contributed by atoms with van der Waals surface area (Å²) in [5.41, 5.74) is 0.347. The number of hydrogen-bond acceptors (Lipinski definition) is 2. The summed E-state index contributed by atoms with van der Waals surface area (Å²) in [6, 6.07) is 0.594. The molecule has 0 aromatic rings. The molecule has 24 heavy (non-hydrogen) atoms. The zero-order chi connectivity index (χ0) is 17.9. The number of nitrogens with zero attached hydrogens (tertiary/aromatic N) is 1. The number of nitrogens with one attached hydrogen (secondary N) is 3. The third-order valence-corrected chi connectivity index (χ3v) is 3.68. The molecule has 3 N–H and O–H groups in total. The lowest BCUT2D eigenvalue weighted by Gasteiger charge is -2.23. The average Bonchev–Trinajstić information content (AvgIpc) is 2.44. The number of amides is 1. The van der Waals surface area contributed by atoms with Crippen LogP contribution in [-0.4, -0.2) is 37.0 Å². The minimum Gasteiger partial charge on any atom is -0.357 e. The number of aliphatic imine (C=N–C) groups is 1. The van der Waals surface area contributed by atoms with Gasteiger partial charge >= 0.3 is 0 Å². The van der Waals surface area contributed by atoms with Crippen molar-refractivity contribution < 1.29 is 4.79 Å². The second-order valence-corrected chi connectivity index (χ2v) is 7.53. The fraction of sp³-hybridized carbons (Fsp3) is 0.889. The lowest BCUT2D eigenvalue weighted by Crippen LogP contribution is -2.42. The topological polar surface area (TPSA) is 65.5 Å². The number of halogens is 1. The predicted molar refractivity (Wildman–Crippen MR) is 115 cm³/mol. The summed E-state index contributed by atoms with van der Waals surface area (Å²) in [5, 5.41) is 9.63. The first kappa shape index (κ1) is 25.7. The van der Waals surface area contributed by atoms with E-state index in [0.717, 1.165) is 31.8 Å². The van der Waals surface area contributed by atoms with Crippen molar-refractivity contribution in [2.24, 2.45) is 10.4 Å². The predicted octanol–water partition coefficient (Wildman–Crippen LogP) is 3.68. The van der Waals surface area contributed by atoms with E-state index in [-0.39, 0.29) is 35.9 Å². The van der Waals surface area contributed by atoms with Crippen LogP contribution < -0.4 is 16.0 Å². The Balaban J connectivity index is 0. The summed E-state index contributed by atoms with van der Waals surface area (Å²) in [6.07, 6.45) is 3.64. The van der Waals surface area contributed by atoms with Crippen LogP contribution in [0.25, 0.3) is 0 Å². The first-order chi connectivity index (χ1) is 10.7. The average molecular weight is 454 g/mol. The van der Waals surface area contributed by atoms with E-state index in [9.17, 15) is 4.79 Å². The Morgan fingerprint density at radius 3 is 2.21 bits per heavy atom. The van der Waals surface area contributed by atoms with Gasteiger partial charge in [0.25, 0.3) is 0 Å². The van der Waals surface area contributed by atoms with E-state index in [2.05, 4.69) is 55.6 Å². The molecule has 144 valence electrons. The van der Waals surface area contributed by atoms with Gasteiger partial charge in [-0.3, -0.25) is 9.79 Å². The normalized spacial score (nSPS) is 14.4. The summed E-state index contributed by atoms with van der Waals surface area (Å²) < 4.78 is 0. The molecule has 5 nitrogen and oxygen atoms in total. The molecule has 2 unspecified atom stereocenters. The van der Waals surface area contributed by atoms with Crippen LogP contribution in [0.2, 0.25) is 0 Å². The van der Waals surface area contributed by atoms with Gasteiger partial charge in [-0.15, -0.1) is 24.0 Å². The van der Waals surface area contributed by atoms with Crippen molar-refractivity contribution >= 4 is 35.8 Å². The minimum absolute atomic E-state index is 0. The third-order valence-electron chi connectivity index (χ3n) is 3.68. The molecule has 6 heteroatoms. The molecule has 0 radical (unpaired) electrons. The maximum atomic E-state index is 11.8. The van der Waals surface area contributed by atoms with Crippen LogP contribution in [0, 0.1) is 5.41 Å². The van der Waals surface area contributed by atoms with E-state index in [4.69, 9.17) is 0 Å². The second kappa shape index (κ2) is 13.7. The van der Waals surface area contributed by atoms with E-state index >= 15 is 0 Å². The van der Waals surface area contributed by atoms with Crippen LogP contribution in [0.1, 0.15) is 74.1 Å².